The Morgan fingerprint density at radius 2 is 2.41 bits per heavy atom. The van der Waals surface area contributed by atoms with Crippen molar-refractivity contribution in [3.05, 3.63) is 30.5 Å². The summed E-state index contributed by atoms with van der Waals surface area (Å²) in [4.78, 5) is 2.14. The average Bonchev–Trinajstić information content (AvgIpc) is 2.69. The zero-order valence-corrected chi connectivity index (χ0v) is 11.2. The number of fused-ring (bicyclic) bond motifs is 1. The summed E-state index contributed by atoms with van der Waals surface area (Å²) in [6.45, 7) is 5.09. The number of hydrogen-bond acceptors (Lipinski definition) is 3. The molecule has 1 aliphatic heterocycles. The number of thioether (sulfide) groups is 1. The van der Waals surface area contributed by atoms with Crippen molar-refractivity contribution in [2.24, 2.45) is 0 Å². The molecule has 0 spiro atoms. The third kappa shape index (κ3) is 2.52. The normalized spacial score (nSPS) is 13.3. The van der Waals surface area contributed by atoms with Crippen molar-refractivity contribution in [3.63, 3.8) is 0 Å². The molecule has 92 valence electrons. The molecule has 0 atom stereocenters. The molecule has 17 heavy (non-hydrogen) atoms. The average molecular weight is 250 g/mol. The van der Waals surface area contributed by atoms with Gasteiger partial charge in [0.05, 0.1) is 17.8 Å². The van der Waals surface area contributed by atoms with E-state index in [0.717, 1.165) is 12.3 Å². The molecule has 1 aromatic rings. The summed E-state index contributed by atoms with van der Waals surface area (Å²) in [5, 5.41) is 1.34. The van der Waals surface area contributed by atoms with Crippen molar-refractivity contribution < 1.29 is 4.74 Å². The first-order valence-electron chi connectivity index (χ1n) is 5.66. The van der Waals surface area contributed by atoms with Crippen molar-refractivity contribution in [2.75, 3.05) is 31.4 Å². The first kappa shape index (κ1) is 12.2. The van der Waals surface area contributed by atoms with E-state index >= 15 is 0 Å². The predicted octanol–water partition coefficient (Wildman–Crippen LogP) is 2.83. The van der Waals surface area contributed by atoms with Gasteiger partial charge in [0, 0.05) is 25.4 Å². The van der Waals surface area contributed by atoms with E-state index in [1.165, 1.54) is 22.7 Å². The Labute approximate surface area is 107 Å². The molecule has 0 saturated carbocycles. The summed E-state index contributed by atoms with van der Waals surface area (Å²) in [6.07, 6.45) is 5.90. The highest BCUT2D eigenvalue weighted by Gasteiger charge is 2.16. The van der Waals surface area contributed by atoms with E-state index in [-0.39, 0.29) is 0 Å². The van der Waals surface area contributed by atoms with Crippen LogP contribution in [0.25, 0.3) is 6.08 Å². The Kier molecular flexibility index (Phi) is 3.84. The zero-order chi connectivity index (χ0) is 12.3. The number of hydrogen-bond donors (Lipinski definition) is 0. The Hall–Kier alpha value is -1.29. The molecule has 0 aromatic carbocycles. The van der Waals surface area contributed by atoms with Gasteiger partial charge in [-0.2, -0.15) is 0 Å². The van der Waals surface area contributed by atoms with Crippen molar-refractivity contribution in [3.8, 4) is 0 Å². The van der Waals surface area contributed by atoms with Crippen LogP contribution in [0.2, 0.25) is 0 Å². The third-order valence-corrected chi connectivity index (χ3v) is 3.76. The summed E-state index contributed by atoms with van der Waals surface area (Å²) in [5.41, 5.74) is 1.31. The van der Waals surface area contributed by atoms with Crippen molar-refractivity contribution in [1.82, 2.24) is 4.57 Å². The molecule has 3 nitrogen and oxygen atoms in total. The van der Waals surface area contributed by atoms with E-state index in [0.29, 0.717) is 6.61 Å². The van der Waals surface area contributed by atoms with Gasteiger partial charge in [0.1, 0.15) is 12.4 Å². The molecular weight excluding hydrogens is 232 g/mol. The highest BCUT2D eigenvalue weighted by molar-refractivity contribution is 7.99. The standard InChI is InChI=1S/C13H18N2OS/c1-4-16-8-7-15-12(14(2)3)10-11-6-5-9-17-13(11)15/h4-6,10H,1,7-9H2,2-3H3. The van der Waals surface area contributed by atoms with Crippen LogP contribution in [0.1, 0.15) is 5.56 Å². The molecule has 0 saturated heterocycles. The van der Waals surface area contributed by atoms with E-state index in [9.17, 15) is 0 Å². The van der Waals surface area contributed by atoms with Crippen LogP contribution >= 0.6 is 11.8 Å². The first-order valence-corrected chi connectivity index (χ1v) is 6.65. The lowest BCUT2D eigenvalue weighted by Crippen LogP contribution is -2.16. The van der Waals surface area contributed by atoms with Gasteiger partial charge in [-0.25, -0.2) is 0 Å². The van der Waals surface area contributed by atoms with Crippen LogP contribution in [0.4, 0.5) is 5.82 Å². The summed E-state index contributed by atoms with van der Waals surface area (Å²) in [7, 11) is 4.14. The lowest BCUT2D eigenvalue weighted by molar-refractivity contribution is 0.234. The van der Waals surface area contributed by atoms with Crippen LogP contribution in [-0.2, 0) is 11.3 Å². The van der Waals surface area contributed by atoms with Gasteiger partial charge in [-0.15, -0.1) is 11.8 Å². The summed E-state index contributed by atoms with van der Waals surface area (Å²) in [6, 6.07) is 2.23. The lowest BCUT2D eigenvalue weighted by Gasteiger charge is -2.18. The minimum Gasteiger partial charge on any atom is -0.500 e. The fourth-order valence-corrected chi connectivity index (χ4v) is 2.92. The molecule has 1 aromatic heterocycles. The van der Waals surface area contributed by atoms with Gasteiger partial charge in [-0.05, 0) is 6.07 Å². The van der Waals surface area contributed by atoms with Gasteiger partial charge in [-0.1, -0.05) is 18.7 Å². The predicted molar refractivity (Wildman–Crippen MR) is 74.7 cm³/mol. The number of nitrogens with zero attached hydrogens (tertiary/aromatic N) is 2. The largest absolute Gasteiger partial charge is 0.500 e. The Bertz CT molecular complexity index is 435. The van der Waals surface area contributed by atoms with E-state index in [1.54, 1.807) is 0 Å². The molecule has 0 amide bonds. The fraction of sp³-hybridized carbons (Fsp3) is 0.385. The van der Waals surface area contributed by atoms with Crippen LogP contribution in [0, 0.1) is 0 Å². The van der Waals surface area contributed by atoms with E-state index in [1.807, 2.05) is 11.8 Å². The molecular formula is C13H18N2OS. The second-order valence-electron chi connectivity index (χ2n) is 4.06. The van der Waals surface area contributed by atoms with Crippen molar-refractivity contribution >= 4 is 23.7 Å². The van der Waals surface area contributed by atoms with Crippen molar-refractivity contribution in [1.29, 1.82) is 0 Å². The minimum absolute atomic E-state index is 0.662. The first-order chi connectivity index (χ1) is 8.24. The van der Waals surface area contributed by atoms with Crippen LogP contribution in [0.15, 0.2) is 30.0 Å². The third-order valence-electron chi connectivity index (χ3n) is 2.68. The quantitative estimate of drug-likeness (QED) is 0.591. The number of rotatable bonds is 5. The maximum absolute atomic E-state index is 5.23. The highest BCUT2D eigenvalue weighted by atomic mass is 32.2. The second-order valence-corrected chi connectivity index (χ2v) is 5.07. The molecule has 0 bridgehead atoms. The maximum Gasteiger partial charge on any atom is 0.109 e. The second kappa shape index (κ2) is 5.36. The molecule has 0 aliphatic carbocycles. The molecule has 2 rings (SSSR count). The van der Waals surface area contributed by atoms with Crippen molar-refractivity contribution in [2.45, 2.75) is 11.6 Å². The van der Waals surface area contributed by atoms with Gasteiger partial charge >= 0.3 is 0 Å². The number of anilines is 1. The molecule has 2 heterocycles. The van der Waals surface area contributed by atoms with E-state index in [4.69, 9.17) is 4.74 Å². The molecule has 4 heteroatoms. The minimum atomic E-state index is 0.662. The van der Waals surface area contributed by atoms with Crippen LogP contribution < -0.4 is 4.90 Å². The van der Waals surface area contributed by atoms with Crippen LogP contribution in [-0.4, -0.2) is 31.0 Å². The Morgan fingerprint density at radius 1 is 1.59 bits per heavy atom. The maximum atomic E-state index is 5.23. The topological polar surface area (TPSA) is 17.4 Å². The SMILES string of the molecule is C=COCCn1c(N(C)C)cc2c1SCC=C2. The Balaban J connectivity index is 2.29. The van der Waals surface area contributed by atoms with Crippen LogP contribution in [0.5, 0.6) is 0 Å². The zero-order valence-electron chi connectivity index (χ0n) is 10.3. The van der Waals surface area contributed by atoms with Gasteiger partial charge in [0.15, 0.2) is 0 Å². The van der Waals surface area contributed by atoms with E-state index in [2.05, 4.69) is 48.4 Å². The molecule has 0 N–H and O–H groups in total. The molecule has 0 radical (unpaired) electrons. The lowest BCUT2D eigenvalue weighted by atomic mass is 10.3. The van der Waals surface area contributed by atoms with E-state index < -0.39 is 0 Å². The molecule has 0 fully saturated rings. The van der Waals surface area contributed by atoms with Gasteiger partial charge in [0.25, 0.3) is 0 Å². The monoisotopic (exact) mass is 250 g/mol. The smallest absolute Gasteiger partial charge is 0.109 e. The van der Waals surface area contributed by atoms with Gasteiger partial charge < -0.3 is 14.2 Å². The fourth-order valence-electron chi connectivity index (χ4n) is 1.94. The summed E-state index contributed by atoms with van der Waals surface area (Å²) >= 11 is 1.88. The number of aromatic nitrogens is 1. The highest BCUT2D eigenvalue weighted by Crippen LogP contribution is 2.34. The van der Waals surface area contributed by atoms with Gasteiger partial charge in [0.2, 0.25) is 0 Å². The summed E-state index contributed by atoms with van der Waals surface area (Å²) < 4.78 is 7.54. The Morgan fingerprint density at radius 3 is 3.12 bits per heavy atom. The molecule has 1 aliphatic rings. The number of ether oxygens (including phenoxy) is 1. The van der Waals surface area contributed by atoms with Crippen LogP contribution in [0.3, 0.4) is 0 Å². The molecule has 0 unspecified atom stereocenters. The summed E-state index contributed by atoms with van der Waals surface area (Å²) in [5.74, 6) is 2.27. The van der Waals surface area contributed by atoms with Gasteiger partial charge in [-0.3, -0.25) is 0 Å².